The second-order valence-electron chi connectivity index (χ2n) is 5.28. The van der Waals surface area contributed by atoms with Gasteiger partial charge in [0.1, 0.15) is 0 Å². The van der Waals surface area contributed by atoms with Gasteiger partial charge in [0.2, 0.25) is 0 Å². The van der Waals surface area contributed by atoms with Crippen LogP contribution in [0.2, 0.25) is 0 Å². The molecule has 20 heavy (non-hydrogen) atoms. The van der Waals surface area contributed by atoms with E-state index in [0.29, 0.717) is 6.04 Å². The van der Waals surface area contributed by atoms with Crippen molar-refractivity contribution < 1.29 is 21.1 Å². The van der Waals surface area contributed by atoms with Crippen LogP contribution >= 0.6 is 0 Å². The van der Waals surface area contributed by atoms with Crippen LogP contribution in [0.4, 0.5) is 0 Å². The first-order valence-electron chi connectivity index (χ1n) is 7.34. The molecular formula is C17H24N2Pt. The number of aryl methyl sites for hydroxylation is 1. The Balaban J connectivity index is 0.00000200. The van der Waals surface area contributed by atoms with Crippen LogP contribution in [0.3, 0.4) is 0 Å². The minimum absolute atomic E-state index is 0. The first kappa shape index (κ1) is 17.2. The number of nitrogens with zero attached hydrogens (tertiary/aromatic N) is 2. The molecule has 2 nitrogen and oxygen atoms in total. The van der Waals surface area contributed by atoms with Crippen molar-refractivity contribution in [1.82, 2.24) is 9.78 Å². The summed E-state index contributed by atoms with van der Waals surface area (Å²) in [7, 11) is 0. The van der Waals surface area contributed by atoms with Gasteiger partial charge in [0.05, 0.1) is 5.69 Å². The standard InChI is InChI=1S/C17H24N2.Pt/c1-5-10-16-17(14-11-8-7-9-12-14)15(6-2)18-19(16)13(3)4;/h7-9,11-13H,5-6,10H2,1-4H3;. The van der Waals surface area contributed by atoms with E-state index in [2.05, 4.69) is 62.7 Å². The Morgan fingerprint density at radius 1 is 1.10 bits per heavy atom. The molecule has 0 saturated heterocycles. The monoisotopic (exact) mass is 451 g/mol. The molecule has 2 aromatic rings. The number of hydrogen-bond acceptors (Lipinski definition) is 1. The molecule has 0 unspecified atom stereocenters. The minimum Gasteiger partial charge on any atom is -0.266 e. The van der Waals surface area contributed by atoms with E-state index in [1.54, 1.807) is 0 Å². The fraction of sp³-hybridized carbons (Fsp3) is 0.471. The van der Waals surface area contributed by atoms with Gasteiger partial charge in [0, 0.05) is 38.4 Å². The predicted octanol–water partition coefficient (Wildman–Crippen LogP) is 4.64. The summed E-state index contributed by atoms with van der Waals surface area (Å²) < 4.78 is 2.21. The molecule has 0 atom stereocenters. The molecule has 0 fully saturated rings. The first-order valence-corrected chi connectivity index (χ1v) is 7.34. The van der Waals surface area contributed by atoms with Gasteiger partial charge in [0.25, 0.3) is 0 Å². The molecule has 0 radical (unpaired) electrons. The van der Waals surface area contributed by atoms with Crippen LogP contribution in [0, 0.1) is 0 Å². The fourth-order valence-corrected chi connectivity index (χ4v) is 2.61. The van der Waals surface area contributed by atoms with E-state index >= 15 is 0 Å². The number of hydrogen-bond donors (Lipinski definition) is 0. The van der Waals surface area contributed by atoms with Crippen LogP contribution in [0.15, 0.2) is 30.3 Å². The summed E-state index contributed by atoms with van der Waals surface area (Å²) in [5.74, 6) is 0. The molecule has 0 spiro atoms. The number of rotatable bonds is 5. The molecule has 0 amide bonds. The Morgan fingerprint density at radius 3 is 2.25 bits per heavy atom. The van der Waals surface area contributed by atoms with Crippen molar-refractivity contribution in [2.45, 2.75) is 53.0 Å². The van der Waals surface area contributed by atoms with Crippen molar-refractivity contribution in [3.8, 4) is 11.1 Å². The van der Waals surface area contributed by atoms with Gasteiger partial charge in [-0.1, -0.05) is 50.6 Å². The quantitative estimate of drug-likeness (QED) is 0.648. The zero-order valence-electron chi connectivity index (χ0n) is 12.8. The molecule has 1 aromatic carbocycles. The Morgan fingerprint density at radius 2 is 1.75 bits per heavy atom. The van der Waals surface area contributed by atoms with E-state index in [-0.39, 0.29) is 21.1 Å². The molecule has 0 bridgehead atoms. The largest absolute Gasteiger partial charge is 0.266 e. The van der Waals surface area contributed by atoms with Gasteiger partial charge in [-0.15, -0.1) is 0 Å². The van der Waals surface area contributed by atoms with E-state index < -0.39 is 0 Å². The van der Waals surface area contributed by atoms with Crippen LogP contribution in [0.1, 0.15) is 51.5 Å². The van der Waals surface area contributed by atoms with E-state index in [0.717, 1.165) is 19.3 Å². The van der Waals surface area contributed by atoms with Gasteiger partial charge in [-0.05, 0) is 32.3 Å². The second-order valence-corrected chi connectivity index (χ2v) is 5.28. The third-order valence-corrected chi connectivity index (χ3v) is 3.46. The molecule has 1 heterocycles. The van der Waals surface area contributed by atoms with Crippen LogP contribution in [-0.2, 0) is 33.9 Å². The number of benzene rings is 1. The molecular weight excluding hydrogens is 427 g/mol. The first-order chi connectivity index (χ1) is 9.19. The maximum atomic E-state index is 4.84. The van der Waals surface area contributed by atoms with Crippen LogP contribution < -0.4 is 0 Å². The summed E-state index contributed by atoms with van der Waals surface area (Å²) in [4.78, 5) is 0. The molecule has 1 aromatic heterocycles. The summed E-state index contributed by atoms with van der Waals surface area (Å²) in [6, 6.07) is 11.1. The topological polar surface area (TPSA) is 17.8 Å². The molecule has 112 valence electrons. The maximum Gasteiger partial charge on any atom is 0.0703 e. The third kappa shape index (κ3) is 3.41. The fourth-order valence-electron chi connectivity index (χ4n) is 2.61. The van der Waals surface area contributed by atoms with Crippen LogP contribution in [-0.4, -0.2) is 9.78 Å². The van der Waals surface area contributed by atoms with Gasteiger partial charge in [-0.2, -0.15) is 5.10 Å². The molecule has 3 heteroatoms. The van der Waals surface area contributed by atoms with Gasteiger partial charge in [-0.3, -0.25) is 4.68 Å². The average molecular weight is 451 g/mol. The van der Waals surface area contributed by atoms with E-state index in [9.17, 15) is 0 Å². The summed E-state index contributed by atoms with van der Waals surface area (Å²) in [5.41, 5.74) is 5.28. The summed E-state index contributed by atoms with van der Waals surface area (Å²) in [6.45, 7) is 8.84. The third-order valence-electron chi connectivity index (χ3n) is 3.46. The molecule has 0 aliphatic rings. The van der Waals surface area contributed by atoms with Gasteiger partial charge in [0.15, 0.2) is 0 Å². The number of aromatic nitrogens is 2. The van der Waals surface area contributed by atoms with Crippen molar-refractivity contribution in [1.29, 1.82) is 0 Å². The Labute approximate surface area is 136 Å². The zero-order valence-corrected chi connectivity index (χ0v) is 15.1. The van der Waals surface area contributed by atoms with Crippen molar-refractivity contribution in [3.63, 3.8) is 0 Å². The minimum atomic E-state index is 0. The van der Waals surface area contributed by atoms with Crippen molar-refractivity contribution in [2.24, 2.45) is 0 Å². The van der Waals surface area contributed by atoms with Crippen LogP contribution in [0.5, 0.6) is 0 Å². The summed E-state index contributed by atoms with van der Waals surface area (Å²) in [6.07, 6.45) is 3.23. The maximum absolute atomic E-state index is 4.84. The normalized spacial score (nSPS) is 10.7. The molecule has 0 aliphatic heterocycles. The Bertz CT molecular complexity index is 529. The van der Waals surface area contributed by atoms with E-state index in [1.165, 1.54) is 22.5 Å². The summed E-state index contributed by atoms with van der Waals surface area (Å²) in [5, 5.41) is 4.84. The van der Waals surface area contributed by atoms with Gasteiger partial charge < -0.3 is 0 Å². The van der Waals surface area contributed by atoms with Crippen molar-refractivity contribution in [3.05, 3.63) is 41.7 Å². The summed E-state index contributed by atoms with van der Waals surface area (Å²) >= 11 is 0. The van der Waals surface area contributed by atoms with E-state index in [1.807, 2.05) is 0 Å². The van der Waals surface area contributed by atoms with E-state index in [4.69, 9.17) is 5.10 Å². The Kier molecular flexibility index (Phi) is 6.68. The second kappa shape index (κ2) is 7.78. The Hall–Kier alpha value is -0.882. The van der Waals surface area contributed by atoms with Crippen LogP contribution in [0.25, 0.3) is 11.1 Å². The van der Waals surface area contributed by atoms with Gasteiger partial charge >= 0.3 is 0 Å². The average Bonchev–Trinajstić information content (AvgIpc) is 2.79. The smallest absolute Gasteiger partial charge is 0.0703 e. The predicted molar refractivity (Wildman–Crippen MR) is 81.4 cm³/mol. The molecule has 2 rings (SSSR count). The van der Waals surface area contributed by atoms with Gasteiger partial charge in [-0.25, -0.2) is 0 Å². The van der Waals surface area contributed by atoms with Crippen molar-refractivity contribution in [2.75, 3.05) is 0 Å². The molecule has 0 N–H and O–H groups in total. The zero-order chi connectivity index (χ0) is 13.8. The molecule has 0 saturated carbocycles. The molecule has 0 aliphatic carbocycles. The van der Waals surface area contributed by atoms with Crippen molar-refractivity contribution >= 4 is 0 Å². The SMILES string of the molecule is CCCc1c(-c2ccccc2)c(CC)nn1C(C)C.[Pt].